The molecule has 1 spiro atoms. The fraction of sp³-hybridized carbons (Fsp3) is 0.565. The quantitative estimate of drug-likeness (QED) is 0.880. The third kappa shape index (κ3) is 3.04. The Morgan fingerprint density at radius 1 is 1.11 bits per heavy atom. The fourth-order valence-electron chi connectivity index (χ4n) is 5.51. The second-order valence-corrected chi connectivity index (χ2v) is 9.50. The van der Waals surface area contributed by atoms with Crippen LogP contribution in [0.5, 0.6) is 0 Å². The molecule has 2 aromatic rings. The second-order valence-electron chi connectivity index (χ2n) is 9.50. The minimum absolute atomic E-state index is 0.0514. The molecule has 1 amide bonds. The molecule has 27 heavy (non-hydrogen) atoms. The van der Waals surface area contributed by atoms with Crippen LogP contribution in [0.1, 0.15) is 57.1 Å². The van der Waals surface area contributed by atoms with E-state index in [-0.39, 0.29) is 11.8 Å². The van der Waals surface area contributed by atoms with Crippen molar-refractivity contribution in [3.8, 4) is 0 Å². The number of pyridine rings is 1. The number of para-hydroxylation sites is 1. The van der Waals surface area contributed by atoms with Crippen molar-refractivity contribution in [2.24, 2.45) is 11.3 Å². The maximum Gasteiger partial charge on any atom is 0.225 e. The zero-order valence-electron chi connectivity index (χ0n) is 16.0. The van der Waals surface area contributed by atoms with E-state index < -0.39 is 5.60 Å². The van der Waals surface area contributed by atoms with Gasteiger partial charge in [0, 0.05) is 41.4 Å². The summed E-state index contributed by atoms with van der Waals surface area (Å²) < 4.78 is 0. The van der Waals surface area contributed by atoms with Gasteiger partial charge in [-0.1, -0.05) is 24.3 Å². The first-order valence-corrected chi connectivity index (χ1v) is 10.3. The third-order valence-electron chi connectivity index (χ3n) is 7.17. The van der Waals surface area contributed by atoms with E-state index in [0.717, 1.165) is 18.6 Å². The highest BCUT2D eigenvalue weighted by Crippen LogP contribution is 2.49. The van der Waals surface area contributed by atoms with Gasteiger partial charge in [0.15, 0.2) is 0 Å². The number of carbonyl (C=O) groups is 1. The molecule has 0 atom stereocenters. The first-order valence-electron chi connectivity index (χ1n) is 10.3. The maximum atomic E-state index is 12.5. The highest BCUT2D eigenvalue weighted by molar-refractivity contribution is 5.81. The molecule has 1 N–H and O–H groups in total. The lowest BCUT2D eigenvalue weighted by Gasteiger charge is -2.55. The first-order chi connectivity index (χ1) is 12.9. The van der Waals surface area contributed by atoms with E-state index in [1.807, 2.05) is 11.8 Å². The van der Waals surface area contributed by atoms with Crippen LogP contribution in [0.3, 0.4) is 0 Å². The average molecular weight is 364 g/mol. The Hall–Kier alpha value is -1.94. The zero-order valence-corrected chi connectivity index (χ0v) is 16.0. The number of benzene rings is 1. The lowest BCUT2D eigenvalue weighted by molar-refractivity contribution is -0.163. The van der Waals surface area contributed by atoms with Gasteiger partial charge >= 0.3 is 0 Å². The molecule has 2 saturated carbocycles. The summed E-state index contributed by atoms with van der Waals surface area (Å²) in [6.45, 7) is 3.67. The van der Waals surface area contributed by atoms with Gasteiger partial charge in [-0.3, -0.25) is 9.78 Å². The SMILES string of the molecule is C[C@]1(O)C[C@@H](C(=O)N2CC3(CCC(c4ccc5ccccc5n4)CC3)C2)C1. The molecule has 1 aromatic carbocycles. The lowest BCUT2D eigenvalue weighted by Crippen LogP contribution is -2.62. The highest BCUT2D eigenvalue weighted by Gasteiger charge is 2.51. The van der Waals surface area contributed by atoms with Crippen LogP contribution >= 0.6 is 0 Å². The molecule has 3 aliphatic rings. The number of fused-ring (bicyclic) bond motifs is 1. The topological polar surface area (TPSA) is 53.4 Å². The van der Waals surface area contributed by atoms with Gasteiger partial charge in [-0.2, -0.15) is 0 Å². The molecule has 1 saturated heterocycles. The molecule has 4 heteroatoms. The normalized spacial score (nSPS) is 30.1. The van der Waals surface area contributed by atoms with E-state index in [9.17, 15) is 9.90 Å². The van der Waals surface area contributed by atoms with Gasteiger partial charge in [0.25, 0.3) is 0 Å². The van der Waals surface area contributed by atoms with E-state index in [1.54, 1.807) is 0 Å². The van der Waals surface area contributed by atoms with Crippen molar-refractivity contribution in [2.75, 3.05) is 13.1 Å². The van der Waals surface area contributed by atoms with Crippen LogP contribution in [0.15, 0.2) is 36.4 Å². The number of nitrogens with zero attached hydrogens (tertiary/aromatic N) is 2. The van der Waals surface area contributed by atoms with Gasteiger partial charge < -0.3 is 10.0 Å². The summed E-state index contributed by atoms with van der Waals surface area (Å²) in [6, 6.07) is 12.7. The maximum absolute atomic E-state index is 12.5. The number of aromatic nitrogens is 1. The summed E-state index contributed by atoms with van der Waals surface area (Å²) in [5, 5.41) is 11.1. The molecule has 0 bridgehead atoms. The summed E-state index contributed by atoms with van der Waals surface area (Å²) in [4.78, 5) is 19.5. The summed E-state index contributed by atoms with van der Waals surface area (Å²) in [7, 11) is 0. The summed E-state index contributed by atoms with van der Waals surface area (Å²) in [5.41, 5.74) is 2.04. The molecule has 3 fully saturated rings. The molecule has 4 nitrogen and oxygen atoms in total. The number of likely N-dealkylation sites (tertiary alicyclic amines) is 1. The Morgan fingerprint density at radius 3 is 2.52 bits per heavy atom. The van der Waals surface area contributed by atoms with Crippen LogP contribution in [0.4, 0.5) is 0 Å². The van der Waals surface area contributed by atoms with Crippen molar-refractivity contribution in [1.82, 2.24) is 9.88 Å². The Morgan fingerprint density at radius 2 is 1.81 bits per heavy atom. The summed E-state index contributed by atoms with van der Waals surface area (Å²) in [6.07, 6.45) is 5.99. The van der Waals surface area contributed by atoms with Crippen LogP contribution in [0.2, 0.25) is 0 Å². The van der Waals surface area contributed by atoms with Crippen molar-refractivity contribution in [3.63, 3.8) is 0 Å². The monoisotopic (exact) mass is 364 g/mol. The Kier molecular flexibility index (Phi) is 3.84. The minimum Gasteiger partial charge on any atom is -0.390 e. The number of rotatable bonds is 2. The van der Waals surface area contributed by atoms with E-state index in [2.05, 4.69) is 36.4 Å². The predicted octanol–water partition coefficient (Wildman–Crippen LogP) is 3.88. The van der Waals surface area contributed by atoms with Gasteiger partial charge in [-0.25, -0.2) is 0 Å². The Labute approximate surface area is 160 Å². The minimum atomic E-state index is -0.617. The van der Waals surface area contributed by atoms with Crippen molar-refractivity contribution >= 4 is 16.8 Å². The standard InChI is InChI=1S/C23H28N2O2/c1-22(27)12-18(13-22)21(26)25-14-23(15-25)10-8-17(9-11-23)20-7-6-16-4-2-3-5-19(16)24-20/h2-7,17-18,27H,8-15H2,1H3/t18-,22+. The molecule has 142 valence electrons. The van der Waals surface area contributed by atoms with Crippen molar-refractivity contribution in [2.45, 2.75) is 57.0 Å². The van der Waals surface area contributed by atoms with E-state index in [1.165, 1.54) is 36.8 Å². The van der Waals surface area contributed by atoms with Gasteiger partial charge in [-0.15, -0.1) is 0 Å². The number of amides is 1. The van der Waals surface area contributed by atoms with E-state index in [4.69, 9.17) is 4.98 Å². The number of hydrogen-bond acceptors (Lipinski definition) is 3. The first kappa shape index (κ1) is 17.2. The Balaban J connectivity index is 1.18. The molecule has 2 aliphatic carbocycles. The molecule has 0 radical (unpaired) electrons. The number of aliphatic hydroxyl groups is 1. The molecule has 2 heterocycles. The molecular weight excluding hydrogens is 336 g/mol. The summed E-state index contributed by atoms with van der Waals surface area (Å²) in [5.74, 6) is 0.868. The highest BCUT2D eigenvalue weighted by atomic mass is 16.3. The van der Waals surface area contributed by atoms with Gasteiger partial charge in [0.1, 0.15) is 0 Å². The van der Waals surface area contributed by atoms with Crippen molar-refractivity contribution in [3.05, 3.63) is 42.1 Å². The molecule has 1 aliphatic heterocycles. The Bertz CT molecular complexity index is 867. The predicted molar refractivity (Wildman–Crippen MR) is 105 cm³/mol. The second kappa shape index (κ2) is 6.03. The third-order valence-corrected chi connectivity index (χ3v) is 7.17. The van der Waals surface area contributed by atoms with Crippen LogP contribution in [0.25, 0.3) is 10.9 Å². The van der Waals surface area contributed by atoms with Crippen molar-refractivity contribution in [1.29, 1.82) is 0 Å². The van der Waals surface area contributed by atoms with Crippen molar-refractivity contribution < 1.29 is 9.90 Å². The van der Waals surface area contributed by atoms with Crippen LogP contribution in [-0.4, -0.2) is 39.6 Å². The van der Waals surface area contributed by atoms with Gasteiger partial charge in [0.2, 0.25) is 5.91 Å². The molecule has 0 unspecified atom stereocenters. The van der Waals surface area contributed by atoms with Crippen LogP contribution < -0.4 is 0 Å². The van der Waals surface area contributed by atoms with Crippen LogP contribution in [0, 0.1) is 11.3 Å². The fourth-order valence-corrected chi connectivity index (χ4v) is 5.51. The molecular formula is C23H28N2O2. The van der Waals surface area contributed by atoms with Gasteiger partial charge in [0.05, 0.1) is 11.1 Å². The smallest absolute Gasteiger partial charge is 0.225 e. The number of carbonyl (C=O) groups excluding carboxylic acids is 1. The van der Waals surface area contributed by atoms with Crippen LogP contribution in [-0.2, 0) is 4.79 Å². The van der Waals surface area contributed by atoms with Gasteiger partial charge in [-0.05, 0) is 57.6 Å². The zero-order chi connectivity index (χ0) is 18.6. The lowest BCUT2D eigenvalue weighted by atomic mass is 9.64. The van der Waals surface area contributed by atoms with E-state index in [0.29, 0.717) is 24.2 Å². The average Bonchev–Trinajstić information content (AvgIpc) is 2.63. The summed E-state index contributed by atoms with van der Waals surface area (Å²) >= 11 is 0. The molecule has 5 rings (SSSR count). The molecule has 1 aromatic heterocycles. The largest absolute Gasteiger partial charge is 0.390 e. The number of hydrogen-bond donors (Lipinski definition) is 1. The van der Waals surface area contributed by atoms with E-state index >= 15 is 0 Å².